The van der Waals surface area contributed by atoms with Crippen molar-refractivity contribution in [3.63, 3.8) is 0 Å². The Morgan fingerprint density at radius 1 is 1.20 bits per heavy atom. The maximum atomic E-state index is 12.8. The van der Waals surface area contributed by atoms with Crippen molar-refractivity contribution >= 4 is 17.4 Å². The van der Waals surface area contributed by atoms with Crippen LogP contribution in [-0.4, -0.2) is 16.8 Å². The Morgan fingerprint density at radius 3 is 2.52 bits per heavy atom. The number of aliphatic hydroxyl groups is 1. The molecular weight excluding hydrogens is 318 g/mol. The number of Topliss-reactive ketones (excluding diaryl/α,β-unsaturated/α-hetero) is 1. The fourth-order valence-corrected chi connectivity index (χ4v) is 3.13. The Balaban J connectivity index is 2.21. The first-order valence-corrected chi connectivity index (χ1v) is 8.25. The van der Waals surface area contributed by atoms with Gasteiger partial charge in [-0.25, -0.2) is 0 Å². The summed E-state index contributed by atoms with van der Waals surface area (Å²) >= 11 is 0. The largest absolute Gasteiger partial charge is 0.503 e. The van der Waals surface area contributed by atoms with E-state index in [4.69, 9.17) is 4.42 Å². The average molecular weight is 339 g/mol. The summed E-state index contributed by atoms with van der Waals surface area (Å²) in [5.41, 5.74) is 2.69. The molecule has 0 radical (unpaired) electrons. The Hall–Kier alpha value is -2.82. The lowest BCUT2D eigenvalue weighted by Crippen LogP contribution is -2.32. The van der Waals surface area contributed by atoms with Crippen LogP contribution in [0.15, 0.2) is 52.3 Å². The highest BCUT2D eigenvalue weighted by atomic mass is 16.3. The smallest absolute Gasteiger partial charge is 0.294 e. The number of nitrogens with zero attached hydrogens (tertiary/aromatic N) is 1. The lowest BCUT2D eigenvalue weighted by Gasteiger charge is -2.27. The molecule has 1 aliphatic rings. The number of rotatable bonds is 4. The van der Waals surface area contributed by atoms with Gasteiger partial charge in [-0.05, 0) is 43.2 Å². The molecule has 0 aliphatic carbocycles. The van der Waals surface area contributed by atoms with Crippen molar-refractivity contribution in [2.45, 2.75) is 33.7 Å². The summed E-state index contributed by atoms with van der Waals surface area (Å²) in [6.45, 7) is 7.35. The highest BCUT2D eigenvalue weighted by Gasteiger charge is 2.46. The second kappa shape index (κ2) is 6.24. The van der Waals surface area contributed by atoms with E-state index in [0.29, 0.717) is 11.4 Å². The molecule has 5 heteroatoms. The highest BCUT2D eigenvalue weighted by molar-refractivity contribution is 6.17. The van der Waals surface area contributed by atoms with Crippen molar-refractivity contribution in [1.82, 2.24) is 0 Å². The van der Waals surface area contributed by atoms with E-state index in [0.717, 1.165) is 11.1 Å². The normalized spacial score (nSPS) is 17.7. The number of carbonyl (C=O) groups is 2. The molecule has 1 aromatic carbocycles. The molecule has 5 nitrogen and oxygen atoms in total. The van der Waals surface area contributed by atoms with Crippen LogP contribution in [0.3, 0.4) is 0 Å². The Kier molecular flexibility index (Phi) is 4.25. The van der Waals surface area contributed by atoms with Crippen molar-refractivity contribution < 1.29 is 19.1 Å². The molecule has 0 bridgehead atoms. The number of ketones is 1. The minimum atomic E-state index is -0.766. The number of aliphatic hydroxyl groups excluding tert-OH is 1. The lowest BCUT2D eigenvalue weighted by molar-refractivity contribution is -0.119. The van der Waals surface area contributed by atoms with Crippen LogP contribution in [0.25, 0.3) is 0 Å². The Bertz CT molecular complexity index is 862. The number of benzene rings is 1. The summed E-state index contributed by atoms with van der Waals surface area (Å²) in [6.07, 6.45) is 1.49. The molecule has 1 aromatic heterocycles. The molecule has 3 rings (SSSR count). The van der Waals surface area contributed by atoms with Gasteiger partial charge in [-0.1, -0.05) is 26.0 Å². The Labute approximate surface area is 146 Å². The first kappa shape index (κ1) is 17.0. The van der Waals surface area contributed by atoms with E-state index in [1.807, 2.05) is 32.0 Å². The number of amides is 1. The second-order valence-corrected chi connectivity index (χ2v) is 6.59. The summed E-state index contributed by atoms with van der Waals surface area (Å²) in [5.74, 6) is -1.25. The third-order valence-electron chi connectivity index (χ3n) is 4.65. The molecule has 25 heavy (non-hydrogen) atoms. The highest BCUT2D eigenvalue weighted by Crippen LogP contribution is 2.43. The monoisotopic (exact) mass is 339 g/mol. The van der Waals surface area contributed by atoms with Gasteiger partial charge in [0, 0.05) is 11.6 Å². The fraction of sp³-hybridized carbons (Fsp3) is 0.300. The number of furan rings is 1. The standard InChI is InChI=1S/C20H21NO4/c1-11(2)18(22)16-17(15-9-6-10-25-15)21(20(24)19(16)23)14-8-5-7-12(3)13(14)4/h5-11,17,23H,1-4H3. The van der Waals surface area contributed by atoms with Crippen molar-refractivity contribution in [3.05, 3.63) is 64.8 Å². The average Bonchev–Trinajstić information content (AvgIpc) is 3.18. The number of anilines is 1. The molecule has 1 aliphatic heterocycles. The van der Waals surface area contributed by atoms with Crippen LogP contribution < -0.4 is 4.90 Å². The van der Waals surface area contributed by atoms with E-state index in [9.17, 15) is 14.7 Å². The zero-order valence-electron chi connectivity index (χ0n) is 14.7. The van der Waals surface area contributed by atoms with E-state index in [-0.39, 0.29) is 17.3 Å². The molecule has 0 spiro atoms. The van der Waals surface area contributed by atoms with E-state index >= 15 is 0 Å². The maximum Gasteiger partial charge on any atom is 0.294 e. The van der Waals surface area contributed by atoms with E-state index in [2.05, 4.69) is 0 Å². The van der Waals surface area contributed by atoms with Gasteiger partial charge < -0.3 is 9.52 Å². The fourth-order valence-electron chi connectivity index (χ4n) is 3.13. The Morgan fingerprint density at radius 2 is 1.92 bits per heavy atom. The molecular formula is C20H21NO4. The molecule has 2 aromatic rings. The van der Waals surface area contributed by atoms with Crippen LogP contribution in [0.5, 0.6) is 0 Å². The van der Waals surface area contributed by atoms with Crippen LogP contribution in [0.2, 0.25) is 0 Å². The van der Waals surface area contributed by atoms with Gasteiger partial charge in [-0.3, -0.25) is 14.5 Å². The van der Waals surface area contributed by atoms with Crippen LogP contribution >= 0.6 is 0 Å². The third kappa shape index (κ3) is 2.65. The second-order valence-electron chi connectivity index (χ2n) is 6.59. The van der Waals surface area contributed by atoms with Crippen molar-refractivity contribution in [3.8, 4) is 0 Å². The molecule has 2 heterocycles. The van der Waals surface area contributed by atoms with Crippen LogP contribution in [0.1, 0.15) is 36.8 Å². The van der Waals surface area contributed by atoms with Crippen LogP contribution in [0.4, 0.5) is 5.69 Å². The van der Waals surface area contributed by atoms with Gasteiger partial charge in [-0.2, -0.15) is 0 Å². The molecule has 130 valence electrons. The van der Waals surface area contributed by atoms with Crippen molar-refractivity contribution in [2.24, 2.45) is 5.92 Å². The summed E-state index contributed by atoms with van der Waals surface area (Å²) in [6, 6.07) is 8.26. The number of hydrogen-bond donors (Lipinski definition) is 1. The van der Waals surface area contributed by atoms with Crippen LogP contribution in [0, 0.1) is 19.8 Å². The number of aryl methyl sites for hydroxylation is 1. The summed E-state index contributed by atoms with van der Waals surface area (Å²) in [5, 5.41) is 10.5. The summed E-state index contributed by atoms with van der Waals surface area (Å²) in [7, 11) is 0. The summed E-state index contributed by atoms with van der Waals surface area (Å²) in [4.78, 5) is 27.0. The quantitative estimate of drug-likeness (QED) is 0.913. The molecule has 1 N–H and O–H groups in total. The molecule has 1 amide bonds. The summed E-state index contributed by atoms with van der Waals surface area (Å²) < 4.78 is 5.50. The molecule has 0 saturated heterocycles. The third-order valence-corrected chi connectivity index (χ3v) is 4.65. The minimum absolute atomic E-state index is 0.0934. The van der Waals surface area contributed by atoms with Crippen molar-refractivity contribution in [1.29, 1.82) is 0 Å². The maximum absolute atomic E-state index is 12.8. The number of carbonyl (C=O) groups excluding carboxylic acids is 2. The van der Waals surface area contributed by atoms with Crippen molar-refractivity contribution in [2.75, 3.05) is 4.90 Å². The van der Waals surface area contributed by atoms with Gasteiger partial charge in [0.15, 0.2) is 11.5 Å². The van der Waals surface area contributed by atoms with E-state index in [1.54, 1.807) is 26.0 Å². The van der Waals surface area contributed by atoms with Gasteiger partial charge in [-0.15, -0.1) is 0 Å². The van der Waals surface area contributed by atoms with Gasteiger partial charge in [0.2, 0.25) is 0 Å². The van der Waals surface area contributed by atoms with Gasteiger partial charge in [0.1, 0.15) is 11.8 Å². The number of hydrogen-bond acceptors (Lipinski definition) is 4. The van der Waals surface area contributed by atoms with Gasteiger partial charge in [0.25, 0.3) is 5.91 Å². The van der Waals surface area contributed by atoms with Gasteiger partial charge in [0.05, 0.1) is 11.8 Å². The van der Waals surface area contributed by atoms with Crippen LogP contribution in [-0.2, 0) is 9.59 Å². The topological polar surface area (TPSA) is 70.8 Å². The zero-order chi connectivity index (χ0) is 18.3. The van der Waals surface area contributed by atoms with E-state index in [1.165, 1.54) is 11.2 Å². The molecule has 0 saturated carbocycles. The molecule has 1 unspecified atom stereocenters. The predicted molar refractivity (Wildman–Crippen MR) is 94.4 cm³/mol. The first-order chi connectivity index (χ1) is 11.8. The van der Waals surface area contributed by atoms with E-state index < -0.39 is 17.7 Å². The zero-order valence-corrected chi connectivity index (χ0v) is 14.7. The minimum Gasteiger partial charge on any atom is -0.503 e. The van der Waals surface area contributed by atoms with Gasteiger partial charge >= 0.3 is 0 Å². The molecule has 1 atom stereocenters. The lowest BCUT2D eigenvalue weighted by atomic mass is 9.94. The first-order valence-electron chi connectivity index (χ1n) is 8.25. The molecule has 0 fully saturated rings. The predicted octanol–water partition coefficient (Wildman–Crippen LogP) is 4.02. The SMILES string of the molecule is Cc1cccc(N2C(=O)C(O)=C(C(=O)C(C)C)C2c2ccco2)c1C.